The van der Waals surface area contributed by atoms with Gasteiger partial charge in [0.2, 0.25) is 0 Å². The number of hydrogen-bond donors (Lipinski definition) is 2. The van der Waals surface area contributed by atoms with Gasteiger partial charge in [-0.2, -0.15) is 0 Å². The summed E-state index contributed by atoms with van der Waals surface area (Å²) in [4.78, 5) is 0. The van der Waals surface area contributed by atoms with Crippen LogP contribution in [0.3, 0.4) is 0 Å². The second-order valence-corrected chi connectivity index (χ2v) is 2.09. The Hall–Kier alpha value is -0.505. The van der Waals surface area contributed by atoms with E-state index >= 15 is 0 Å². The summed E-state index contributed by atoms with van der Waals surface area (Å²) in [5.41, 5.74) is 0.164. The molecule has 4 heteroatoms. The molecular weight excluding hydrogens is 150 g/mol. The van der Waals surface area contributed by atoms with Crippen LogP contribution in [0.15, 0.2) is 35.8 Å². The monoisotopic (exact) mass is 158 g/mol. The van der Waals surface area contributed by atoms with Gasteiger partial charge in [0.1, 0.15) is 0 Å². The zero-order chi connectivity index (χ0) is 8.15. The molecule has 0 saturated heterocycles. The minimum Gasteiger partial charge on any atom is -0.423 e. The molecule has 2 N–H and O–H groups in total. The normalized spacial score (nSPS) is 10.9. The molecule has 0 amide bonds. The molecule has 0 heterocycles. The SMILES string of the molecule is C=C/C=C(/B(O)O)C(=C)Cl. The second-order valence-electron chi connectivity index (χ2n) is 1.64. The Kier molecular flexibility index (Phi) is 4.11. The van der Waals surface area contributed by atoms with Crippen molar-refractivity contribution >= 4 is 18.7 Å². The fourth-order valence-corrected chi connectivity index (χ4v) is 0.604. The first-order valence-electron chi connectivity index (χ1n) is 2.63. The minimum atomic E-state index is -1.58. The van der Waals surface area contributed by atoms with E-state index in [-0.39, 0.29) is 10.5 Å². The van der Waals surface area contributed by atoms with Crippen LogP contribution in [0.1, 0.15) is 0 Å². The van der Waals surface area contributed by atoms with E-state index in [4.69, 9.17) is 21.6 Å². The molecule has 0 aromatic heterocycles. The maximum Gasteiger partial charge on any atom is 0.489 e. The molecule has 0 bridgehead atoms. The topological polar surface area (TPSA) is 40.5 Å². The molecule has 0 aromatic rings. The predicted octanol–water partition coefficient (Wildman–Crippen LogP) is 0.863. The highest BCUT2D eigenvalue weighted by atomic mass is 35.5. The van der Waals surface area contributed by atoms with Crippen molar-refractivity contribution in [1.29, 1.82) is 0 Å². The molecule has 0 aromatic carbocycles. The Labute approximate surface area is 65.3 Å². The summed E-state index contributed by atoms with van der Waals surface area (Å²) >= 11 is 5.39. The van der Waals surface area contributed by atoms with Crippen molar-refractivity contribution in [2.75, 3.05) is 0 Å². The molecule has 0 aliphatic carbocycles. The molecule has 0 rings (SSSR count). The summed E-state index contributed by atoms with van der Waals surface area (Å²) in [5.74, 6) is 0. The Morgan fingerprint density at radius 3 is 2.10 bits per heavy atom. The summed E-state index contributed by atoms with van der Waals surface area (Å²) in [6, 6.07) is 0. The first-order valence-corrected chi connectivity index (χ1v) is 3.01. The Morgan fingerprint density at radius 1 is 1.50 bits per heavy atom. The van der Waals surface area contributed by atoms with Crippen LogP contribution < -0.4 is 0 Å². The van der Waals surface area contributed by atoms with Crippen molar-refractivity contribution < 1.29 is 10.0 Å². The summed E-state index contributed by atoms with van der Waals surface area (Å²) in [7, 11) is -1.58. The number of allylic oxidation sites excluding steroid dienone is 4. The van der Waals surface area contributed by atoms with Gasteiger partial charge in [0.05, 0.1) is 0 Å². The predicted molar refractivity (Wildman–Crippen MR) is 43.5 cm³/mol. The van der Waals surface area contributed by atoms with Crippen LogP contribution in [0.5, 0.6) is 0 Å². The number of hydrogen-bond acceptors (Lipinski definition) is 2. The summed E-state index contributed by atoms with van der Waals surface area (Å²) < 4.78 is 0. The fourth-order valence-electron chi connectivity index (χ4n) is 0.444. The highest BCUT2D eigenvalue weighted by Crippen LogP contribution is 2.12. The molecule has 0 aliphatic heterocycles. The highest BCUT2D eigenvalue weighted by Gasteiger charge is 2.14. The summed E-state index contributed by atoms with van der Waals surface area (Å²) in [6.45, 7) is 6.69. The lowest BCUT2D eigenvalue weighted by molar-refractivity contribution is 0.420. The second kappa shape index (κ2) is 4.33. The van der Waals surface area contributed by atoms with E-state index in [9.17, 15) is 0 Å². The summed E-state index contributed by atoms with van der Waals surface area (Å²) in [6.07, 6.45) is 2.79. The Balaban J connectivity index is 4.41. The quantitative estimate of drug-likeness (QED) is 0.472. The first-order chi connectivity index (χ1) is 4.59. The van der Waals surface area contributed by atoms with Crippen LogP contribution >= 0.6 is 11.6 Å². The van der Waals surface area contributed by atoms with Crippen LogP contribution in [-0.2, 0) is 0 Å². The van der Waals surface area contributed by atoms with Crippen molar-refractivity contribution in [2.24, 2.45) is 0 Å². The lowest BCUT2D eigenvalue weighted by Gasteiger charge is -2.00. The van der Waals surface area contributed by atoms with Crippen molar-refractivity contribution in [3.05, 3.63) is 35.8 Å². The molecule has 2 nitrogen and oxygen atoms in total. The van der Waals surface area contributed by atoms with Crippen LogP contribution in [-0.4, -0.2) is 17.2 Å². The highest BCUT2D eigenvalue weighted by molar-refractivity contribution is 6.56. The molecule has 0 atom stereocenters. The third-order valence-electron chi connectivity index (χ3n) is 0.889. The van der Waals surface area contributed by atoms with Gasteiger partial charge in [-0.15, -0.1) is 0 Å². The van der Waals surface area contributed by atoms with E-state index in [1.165, 1.54) is 12.2 Å². The fraction of sp³-hybridized carbons (Fsp3) is 0. The maximum atomic E-state index is 8.61. The molecular formula is C6H8BClO2. The van der Waals surface area contributed by atoms with Gasteiger partial charge in [-0.05, 0) is 0 Å². The van der Waals surface area contributed by atoms with Gasteiger partial charge in [-0.1, -0.05) is 36.9 Å². The zero-order valence-corrected chi connectivity index (χ0v) is 6.17. The summed E-state index contributed by atoms with van der Waals surface area (Å²) in [5, 5.41) is 17.3. The van der Waals surface area contributed by atoms with E-state index in [1.807, 2.05) is 0 Å². The number of rotatable bonds is 3. The van der Waals surface area contributed by atoms with Crippen molar-refractivity contribution in [3.8, 4) is 0 Å². The molecule has 0 fully saturated rings. The average molecular weight is 158 g/mol. The number of halogens is 1. The first kappa shape index (κ1) is 9.49. The van der Waals surface area contributed by atoms with Crippen LogP contribution in [0.25, 0.3) is 0 Å². The molecule has 0 aliphatic rings. The van der Waals surface area contributed by atoms with E-state index < -0.39 is 7.12 Å². The van der Waals surface area contributed by atoms with Crippen molar-refractivity contribution in [3.63, 3.8) is 0 Å². The molecule has 0 saturated carbocycles. The van der Waals surface area contributed by atoms with E-state index in [2.05, 4.69) is 13.2 Å². The Bertz CT molecular complexity index is 175. The standard InChI is InChI=1S/C6H8BClO2/c1-3-4-6(5(2)8)7(9)10/h3-4,9-10H,1-2H2/b6-4+. The van der Waals surface area contributed by atoms with Crippen molar-refractivity contribution in [2.45, 2.75) is 0 Å². The molecule has 54 valence electrons. The Morgan fingerprint density at radius 2 is 2.00 bits per heavy atom. The lowest BCUT2D eigenvalue weighted by Crippen LogP contribution is -2.15. The molecule has 0 radical (unpaired) electrons. The zero-order valence-electron chi connectivity index (χ0n) is 5.42. The molecule has 0 spiro atoms. The van der Waals surface area contributed by atoms with Gasteiger partial charge in [0.25, 0.3) is 0 Å². The minimum absolute atomic E-state index is 0.106. The van der Waals surface area contributed by atoms with E-state index in [0.29, 0.717) is 0 Å². The molecule has 10 heavy (non-hydrogen) atoms. The smallest absolute Gasteiger partial charge is 0.423 e. The van der Waals surface area contributed by atoms with Gasteiger partial charge in [-0.25, -0.2) is 0 Å². The maximum absolute atomic E-state index is 8.61. The lowest BCUT2D eigenvalue weighted by atomic mass is 9.79. The van der Waals surface area contributed by atoms with Crippen LogP contribution in [0, 0.1) is 0 Å². The van der Waals surface area contributed by atoms with Gasteiger partial charge < -0.3 is 10.0 Å². The largest absolute Gasteiger partial charge is 0.489 e. The van der Waals surface area contributed by atoms with Gasteiger partial charge in [0, 0.05) is 10.5 Å². The van der Waals surface area contributed by atoms with Gasteiger partial charge in [0.15, 0.2) is 0 Å². The average Bonchev–Trinajstić information content (AvgIpc) is 1.81. The van der Waals surface area contributed by atoms with Gasteiger partial charge >= 0.3 is 7.12 Å². The van der Waals surface area contributed by atoms with Crippen LogP contribution in [0.4, 0.5) is 0 Å². The van der Waals surface area contributed by atoms with E-state index in [1.54, 1.807) is 0 Å². The van der Waals surface area contributed by atoms with Crippen molar-refractivity contribution in [1.82, 2.24) is 0 Å². The third-order valence-corrected chi connectivity index (χ3v) is 1.11. The molecule has 0 unspecified atom stereocenters. The third kappa shape index (κ3) is 2.87. The van der Waals surface area contributed by atoms with Crippen LogP contribution in [0.2, 0.25) is 0 Å². The van der Waals surface area contributed by atoms with Gasteiger partial charge in [-0.3, -0.25) is 0 Å². The van der Waals surface area contributed by atoms with E-state index in [0.717, 1.165) is 0 Å².